The van der Waals surface area contributed by atoms with E-state index in [1.54, 1.807) is 0 Å². The van der Waals surface area contributed by atoms with Crippen LogP contribution < -0.4 is 10.2 Å². The molecule has 1 aliphatic carbocycles. The minimum Gasteiger partial charge on any atom is -0.352 e. The molecule has 28 heavy (non-hydrogen) atoms. The summed E-state index contributed by atoms with van der Waals surface area (Å²) in [6, 6.07) is 17.3. The monoisotopic (exact) mass is 398 g/mol. The van der Waals surface area contributed by atoms with Crippen molar-refractivity contribution in [1.29, 1.82) is 0 Å². The molecule has 148 valence electrons. The molecule has 2 aromatic carbocycles. The van der Waals surface area contributed by atoms with Gasteiger partial charge in [0.15, 0.2) is 0 Å². The van der Waals surface area contributed by atoms with Crippen LogP contribution in [0.25, 0.3) is 0 Å². The van der Waals surface area contributed by atoms with Gasteiger partial charge in [0, 0.05) is 35.6 Å². The molecule has 0 heterocycles. The second kappa shape index (κ2) is 9.74. The van der Waals surface area contributed by atoms with Crippen molar-refractivity contribution in [1.82, 2.24) is 5.32 Å². The maximum atomic E-state index is 13.0. The van der Waals surface area contributed by atoms with Crippen molar-refractivity contribution in [2.24, 2.45) is 11.8 Å². The standard InChI is InChI=1S/C23H27ClN2O2/c1-2-26(21-6-4-3-5-7-21)23(28)19-12-10-18(11-13-19)22(27)25-16-17-8-14-20(24)15-9-17/h3-9,14-15,18-19H,2,10-13,16H2,1H3,(H,25,27). The maximum absolute atomic E-state index is 13.0. The van der Waals surface area contributed by atoms with Crippen LogP contribution in [0.4, 0.5) is 5.69 Å². The Balaban J connectivity index is 1.50. The highest BCUT2D eigenvalue weighted by atomic mass is 35.5. The highest BCUT2D eigenvalue weighted by Crippen LogP contribution is 2.31. The van der Waals surface area contributed by atoms with Gasteiger partial charge in [0.05, 0.1) is 0 Å². The molecule has 0 radical (unpaired) electrons. The minimum atomic E-state index is -0.0110. The number of carbonyl (C=O) groups excluding carboxylic acids is 2. The molecule has 0 spiro atoms. The molecule has 0 aliphatic heterocycles. The van der Waals surface area contributed by atoms with E-state index in [-0.39, 0.29) is 23.7 Å². The number of hydrogen-bond acceptors (Lipinski definition) is 2. The zero-order valence-electron chi connectivity index (χ0n) is 16.2. The lowest BCUT2D eigenvalue weighted by molar-refractivity contribution is -0.129. The number of carbonyl (C=O) groups is 2. The average Bonchev–Trinajstić information content (AvgIpc) is 2.74. The van der Waals surface area contributed by atoms with Crippen LogP contribution in [0.5, 0.6) is 0 Å². The van der Waals surface area contributed by atoms with Gasteiger partial charge in [-0.15, -0.1) is 0 Å². The Kier molecular flexibility index (Phi) is 7.10. The van der Waals surface area contributed by atoms with Crippen LogP contribution in [0.3, 0.4) is 0 Å². The first-order valence-electron chi connectivity index (χ1n) is 9.97. The average molecular weight is 399 g/mol. The molecule has 0 bridgehead atoms. The van der Waals surface area contributed by atoms with E-state index in [1.165, 1.54) is 0 Å². The number of rotatable bonds is 6. The van der Waals surface area contributed by atoms with E-state index in [1.807, 2.05) is 66.4 Å². The molecular formula is C23H27ClN2O2. The SMILES string of the molecule is CCN(C(=O)C1CCC(C(=O)NCc2ccc(Cl)cc2)CC1)c1ccccc1. The Labute approximate surface area is 171 Å². The van der Waals surface area contributed by atoms with Gasteiger partial charge in [-0.25, -0.2) is 0 Å². The van der Waals surface area contributed by atoms with E-state index in [4.69, 9.17) is 11.6 Å². The Morgan fingerprint density at radius 3 is 2.18 bits per heavy atom. The number of halogens is 1. The molecule has 5 heteroatoms. The van der Waals surface area contributed by atoms with Gasteiger partial charge in [0.1, 0.15) is 0 Å². The van der Waals surface area contributed by atoms with Gasteiger partial charge in [0.2, 0.25) is 11.8 Å². The number of para-hydroxylation sites is 1. The van der Waals surface area contributed by atoms with Crippen LogP contribution in [0.1, 0.15) is 38.2 Å². The summed E-state index contributed by atoms with van der Waals surface area (Å²) in [7, 11) is 0. The Bertz CT molecular complexity index is 784. The Morgan fingerprint density at radius 2 is 1.57 bits per heavy atom. The van der Waals surface area contributed by atoms with E-state index in [0.29, 0.717) is 18.1 Å². The predicted octanol–water partition coefficient (Wildman–Crippen LogP) is 4.82. The molecule has 3 rings (SSSR count). The molecule has 0 atom stereocenters. The normalized spacial score (nSPS) is 19.1. The number of nitrogens with zero attached hydrogens (tertiary/aromatic N) is 1. The third-order valence-electron chi connectivity index (χ3n) is 5.48. The van der Waals surface area contributed by atoms with E-state index in [9.17, 15) is 9.59 Å². The molecule has 0 unspecified atom stereocenters. The van der Waals surface area contributed by atoms with Gasteiger partial charge in [-0.05, 0) is 62.4 Å². The summed E-state index contributed by atoms with van der Waals surface area (Å²) >= 11 is 5.89. The first kappa shape index (κ1) is 20.4. The van der Waals surface area contributed by atoms with Crippen molar-refractivity contribution in [3.63, 3.8) is 0 Å². The summed E-state index contributed by atoms with van der Waals surface area (Å²) in [4.78, 5) is 27.3. The van der Waals surface area contributed by atoms with Crippen molar-refractivity contribution in [3.05, 3.63) is 65.2 Å². The molecule has 0 saturated heterocycles. The zero-order chi connectivity index (χ0) is 19.9. The summed E-state index contributed by atoms with van der Waals surface area (Å²) in [5.74, 6) is 0.244. The second-order valence-corrected chi connectivity index (χ2v) is 7.75. The summed E-state index contributed by atoms with van der Waals surface area (Å²) in [5.41, 5.74) is 1.97. The molecule has 1 fully saturated rings. The first-order valence-corrected chi connectivity index (χ1v) is 10.3. The smallest absolute Gasteiger partial charge is 0.230 e. The molecular weight excluding hydrogens is 372 g/mol. The second-order valence-electron chi connectivity index (χ2n) is 7.31. The van der Waals surface area contributed by atoms with Gasteiger partial charge in [-0.1, -0.05) is 41.9 Å². The quantitative estimate of drug-likeness (QED) is 0.758. The first-order chi connectivity index (χ1) is 13.6. The lowest BCUT2D eigenvalue weighted by atomic mass is 9.80. The van der Waals surface area contributed by atoms with Gasteiger partial charge in [-0.3, -0.25) is 9.59 Å². The molecule has 2 aromatic rings. The fourth-order valence-electron chi connectivity index (χ4n) is 3.83. The predicted molar refractivity (Wildman–Crippen MR) is 113 cm³/mol. The van der Waals surface area contributed by atoms with Crippen LogP contribution >= 0.6 is 11.6 Å². The zero-order valence-corrected chi connectivity index (χ0v) is 17.0. The Hall–Kier alpha value is -2.33. The molecule has 1 saturated carbocycles. The number of anilines is 1. The Morgan fingerprint density at radius 1 is 0.964 bits per heavy atom. The van der Waals surface area contributed by atoms with E-state index >= 15 is 0 Å². The molecule has 2 amide bonds. The lowest BCUT2D eigenvalue weighted by Crippen LogP contribution is -2.39. The van der Waals surface area contributed by atoms with Crippen molar-refractivity contribution in [2.45, 2.75) is 39.2 Å². The number of amides is 2. The molecule has 1 N–H and O–H groups in total. The molecule has 0 aromatic heterocycles. The van der Waals surface area contributed by atoms with Crippen LogP contribution in [0, 0.1) is 11.8 Å². The lowest BCUT2D eigenvalue weighted by Gasteiger charge is -2.31. The van der Waals surface area contributed by atoms with Crippen molar-refractivity contribution in [2.75, 3.05) is 11.4 Å². The molecule has 4 nitrogen and oxygen atoms in total. The number of nitrogens with one attached hydrogen (secondary N) is 1. The van der Waals surface area contributed by atoms with E-state index in [2.05, 4.69) is 5.32 Å². The third kappa shape index (κ3) is 5.14. The van der Waals surface area contributed by atoms with Gasteiger partial charge < -0.3 is 10.2 Å². The minimum absolute atomic E-state index is 0.000436. The van der Waals surface area contributed by atoms with Gasteiger partial charge in [0.25, 0.3) is 0 Å². The summed E-state index contributed by atoms with van der Waals surface area (Å²) in [5, 5.41) is 3.70. The topological polar surface area (TPSA) is 49.4 Å². The highest BCUT2D eigenvalue weighted by Gasteiger charge is 2.32. The van der Waals surface area contributed by atoms with Crippen molar-refractivity contribution in [3.8, 4) is 0 Å². The largest absolute Gasteiger partial charge is 0.352 e. The van der Waals surface area contributed by atoms with E-state index < -0.39 is 0 Å². The maximum Gasteiger partial charge on any atom is 0.230 e. The number of hydrogen-bond donors (Lipinski definition) is 1. The fourth-order valence-corrected chi connectivity index (χ4v) is 3.96. The van der Waals surface area contributed by atoms with Gasteiger partial charge in [-0.2, -0.15) is 0 Å². The summed E-state index contributed by atoms with van der Waals surface area (Å²) in [6.07, 6.45) is 3.05. The van der Waals surface area contributed by atoms with Crippen LogP contribution in [0.2, 0.25) is 5.02 Å². The summed E-state index contributed by atoms with van der Waals surface area (Å²) in [6.45, 7) is 3.16. The van der Waals surface area contributed by atoms with Crippen LogP contribution in [-0.2, 0) is 16.1 Å². The van der Waals surface area contributed by atoms with Crippen LogP contribution in [0.15, 0.2) is 54.6 Å². The third-order valence-corrected chi connectivity index (χ3v) is 5.73. The van der Waals surface area contributed by atoms with E-state index in [0.717, 1.165) is 36.9 Å². The van der Waals surface area contributed by atoms with Crippen LogP contribution in [-0.4, -0.2) is 18.4 Å². The summed E-state index contributed by atoms with van der Waals surface area (Å²) < 4.78 is 0. The number of benzene rings is 2. The van der Waals surface area contributed by atoms with Gasteiger partial charge >= 0.3 is 0 Å². The fraction of sp³-hybridized carbons (Fsp3) is 0.391. The van der Waals surface area contributed by atoms with Crippen molar-refractivity contribution >= 4 is 29.1 Å². The van der Waals surface area contributed by atoms with Crippen molar-refractivity contribution < 1.29 is 9.59 Å². The molecule has 1 aliphatic rings. The highest BCUT2D eigenvalue weighted by molar-refractivity contribution is 6.30.